The molecule has 31 heavy (non-hydrogen) atoms. The highest BCUT2D eigenvalue weighted by Crippen LogP contribution is 2.44. The second kappa shape index (κ2) is 7.24. The number of aliphatic hydroxyl groups excluding tert-OH is 1. The van der Waals surface area contributed by atoms with Crippen LogP contribution in [-0.4, -0.2) is 21.8 Å². The van der Waals surface area contributed by atoms with Crippen LogP contribution >= 0.6 is 11.3 Å². The molecule has 1 aromatic carbocycles. The van der Waals surface area contributed by atoms with Crippen molar-refractivity contribution in [1.82, 2.24) is 4.98 Å². The van der Waals surface area contributed by atoms with E-state index in [9.17, 15) is 14.7 Å². The molecule has 5 rings (SSSR count). The highest BCUT2D eigenvalue weighted by molar-refractivity contribution is 7.22. The van der Waals surface area contributed by atoms with Crippen LogP contribution in [0, 0.1) is 6.92 Å². The van der Waals surface area contributed by atoms with Crippen LogP contribution in [0.2, 0.25) is 0 Å². The van der Waals surface area contributed by atoms with E-state index in [0.717, 1.165) is 22.2 Å². The molecule has 0 saturated heterocycles. The fourth-order valence-corrected chi connectivity index (χ4v) is 4.78. The van der Waals surface area contributed by atoms with Gasteiger partial charge >= 0.3 is 0 Å². The van der Waals surface area contributed by atoms with Gasteiger partial charge in [-0.3, -0.25) is 14.5 Å². The summed E-state index contributed by atoms with van der Waals surface area (Å²) in [5, 5.41) is 11.1. The second-order valence-corrected chi connectivity index (χ2v) is 8.26. The highest BCUT2D eigenvalue weighted by atomic mass is 32.1. The lowest BCUT2D eigenvalue weighted by Gasteiger charge is -2.21. The molecule has 4 heterocycles. The molecular formula is C23H18N2O5S. The fourth-order valence-electron chi connectivity index (χ4n) is 3.72. The van der Waals surface area contributed by atoms with Gasteiger partial charge in [-0.15, -0.1) is 0 Å². The molecule has 1 aliphatic rings. The van der Waals surface area contributed by atoms with Crippen LogP contribution in [-0.2, 0) is 11.2 Å². The number of hydrogen-bond acceptors (Lipinski definition) is 7. The zero-order valence-electron chi connectivity index (χ0n) is 16.8. The molecule has 1 N–H and O–H groups in total. The molecule has 1 aliphatic heterocycles. The molecule has 0 bridgehead atoms. The first-order valence-corrected chi connectivity index (χ1v) is 10.6. The number of carbonyl (C=O) groups is 2. The van der Waals surface area contributed by atoms with Gasteiger partial charge < -0.3 is 13.9 Å². The SMILES string of the molecule is CCc1ccc2nc(N3C(=O)C(O)=C(C(=O)c4ccc(C)o4)C3c3ccco3)sc2c1. The average molecular weight is 434 g/mol. The van der Waals surface area contributed by atoms with Crippen molar-refractivity contribution < 1.29 is 23.5 Å². The van der Waals surface area contributed by atoms with Crippen molar-refractivity contribution in [3.63, 3.8) is 0 Å². The van der Waals surface area contributed by atoms with Crippen LogP contribution in [0.1, 0.15) is 40.6 Å². The third-order valence-corrected chi connectivity index (χ3v) is 6.30. The van der Waals surface area contributed by atoms with Gasteiger partial charge in [0.2, 0.25) is 5.78 Å². The molecule has 1 unspecified atom stereocenters. The topological polar surface area (TPSA) is 96.8 Å². The summed E-state index contributed by atoms with van der Waals surface area (Å²) in [6.45, 7) is 3.78. The number of furan rings is 2. The zero-order valence-corrected chi connectivity index (χ0v) is 17.6. The Hall–Kier alpha value is -3.65. The molecule has 4 aromatic rings. The molecule has 0 radical (unpaired) electrons. The zero-order chi connectivity index (χ0) is 21.7. The van der Waals surface area contributed by atoms with Gasteiger partial charge in [-0.2, -0.15) is 0 Å². The summed E-state index contributed by atoms with van der Waals surface area (Å²) in [6.07, 6.45) is 2.34. The first-order chi connectivity index (χ1) is 15.0. The lowest BCUT2D eigenvalue weighted by atomic mass is 10.00. The van der Waals surface area contributed by atoms with Gasteiger partial charge in [-0.25, -0.2) is 4.98 Å². The average Bonchev–Trinajstić information content (AvgIpc) is 3.54. The maximum atomic E-state index is 13.2. The van der Waals surface area contributed by atoms with Crippen LogP contribution in [0.5, 0.6) is 0 Å². The van der Waals surface area contributed by atoms with Crippen LogP contribution in [0.3, 0.4) is 0 Å². The number of hydrogen-bond donors (Lipinski definition) is 1. The molecular weight excluding hydrogens is 416 g/mol. The lowest BCUT2D eigenvalue weighted by molar-refractivity contribution is -0.117. The van der Waals surface area contributed by atoms with Crippen molar-refractivity contribution >= 4 is 38.4 Å². The predicted octanol–water partition coefficient (Wildman–Crippen LogP) is 5.14. The van der Waals surface area contributed by atoms with Crippen molar-refractivity contribution in [3.8, 4) is 0 Å². The van der Waals surface area contributed by atoms with Crippen LogP contribution in [0.4, 0.5) is 5.13 Å². The van der Waals surface area contributed by atoms with Gasteiger partial charge in [0, 0.05) is 0 Å². The normalized spacial score (nSPS) is 16.6. The summed E-state index contributed by atoms with van der Waals surface area (Å²) in [6, 6.07) is 11.5. The smallest absolute Gasteiger partial charge is 0.296 e. The van der Waals surface area contributed by atoms with Crippen molar-refractivity contribution in [1.29, 1.82) is 0 Å². The van der Waals surface area contributed by atoms with E-state index in [-0.39, 0.29) is 11.3 Å². The van der Waals surface area contributed by atoms with Crippen molar-refractivity contribution in [2.75, 3.05) is 4.90 Å². The number of thiazole rings is 1. The Balaban J connectivity index is 1.64. The molecule has 3 aromatic heterocycles. The number of ketones is 1. The number of rotatable bonds is 5. The molecule has 0 spiro atoms. The first-order valence-electron chi connectivity index (χ1n) is 9.78. The molecule has 0 fully saturated rings. The van der Waals surface area contributed by atoms with Gasteiger partial charge in [0.25, 0.3) is 5.91 Å². The minimum atomic E-state index is -0.952. The predicted molar refractivity (Wildman–Crippen MR) is 115 cm³/mol. The molecule has 8 heteroatoms. The standard InChI is InChI=1S/C23H18N2O5S/c1-3-13-7-8-14-17(11-13)31-23(24-14)25-19(15-5-4-10-29-15)18(21(27)22(25)28)20(26)16-9-6-12(2)30-16/h4-11,19,27H,3H2,1-2H3. The van der Waals surface area contributed by atoms with E-state index < -0.39 is 23.5 Å². The summed E-state index contributed by atoms with van der Waals surface area (Å²) < 4.78 is 11.9. The highest BCUT2D eigenvalue weighted by Gasteiger charge is 2.47. The fraction of sp³-hybridized carbons (Fsp3) is 0.174. The van der Waals surface area contributed by atoms with E-state index in [2.05, 4.69) is 11.9 Å². The third-order valence-electron chi connectivity index (χ3n) is 5.29. The second-order valence-electron chi connectivity index (χ2n) is 7.25. The van der Waals surface area contributed by atoms with Crippen LogP contribution in [0.15, 0.2) is 68.9 Å². The minimum absolute atomic E-state index is 0.0437. The number of fused-ring (bicyclic) bond motifs is 1. The van der Waals surface area contributed by atoms with Crippen LogP contribution < -0.4 is 4.90 Å². The van der Waals surface area contributed by atoms with E-state index in [0.29, 0.717) is 16.7 Å². The Kier molecular flexibility index (Phi) is 4.51. The molecule has 156 valence electrons. The molecule has 0 saturated carbocycles. The summed E-state index contributed by atoms with van der Waals surface area (Å²) in [5.74, 6) is -0.967. The Bertz CT molecular complexity index is 1350. The van der Waals surface area contributed by atoms with Gasteiger partial charge in [-0.1, -0.05) is 24.3 Å². The largest absolute Gasteiger partial charge is 0.503 e. The molecule has 1 atom stereocenters. The number of aromatic nitrogens is 1. The molecule has 1 amide bonds. The van der Waals surface area contributed by atoms with E-state index in [1.165, 1.54) is 28.6 Å². The maximum Gasteiger partial charge on any atom is 0.296 e. The number of Topliss-reactive ketones (excluding diaryl/α,β-unsaturated/α-hetero) is 1. The quantitative estimate of drug-likeness (QED) is 0.437. The Morgan fingerprint density at radius 2 is 2.10 bits per heavy atom. The summed E-state index contributed by atoms with van der Waals surface area (Å²) in [4.78, 5) is 32.2. The van der Waals surface area contributed by atoms with E-state index in [1.54, 1.807) is 25.1 Å². The van der Waals surface area contributed by atoms with Gasteiger partial charge in [0.15, 0.2) is 16.7 Å². The monoisotopic (exact) mass is 434 g/mol. The lowest BCUT2D eigenvalue weighted by Crippen LogP contribution is -2.30. The minimum Gasteiger partial charge on any atom is -0.503 e. The molecule has 7 nitrogen and oxygen atoms in total. The Morgan fingerprint density at radius 3 is 2.77 bits per heavy atom. The Labute approximate surface area is 181 Å². The molecule has 0 aliphatic carbocycles. The number of nitrogens with zero attached hydrogens (tertiary/aromatic N) is 2. The van der Waals surface area contributed by atoms with Crippen LogP contribution in [0.25, 0.3) is 10.2 Å². The Morgan fingerprint density at radius 1 is 1.26 bits per heavy atom. The number of aliphatic hydroxyl groups is 1. The number of amides is 1. The first kappa shape index (κ1) is 19.3. The van der Waals surface area contributed by atoms with Gasteiger partial charge in [0.1, 0.15) is 17.6 Å². The van der Waals surface area contributed by atoms with Crippen molar-refractivity contribution in [2.24, 2.45) is 0 Å². The van der Waals surface area contributed by atoms with E-state index in [4.69, 9.17) is 8.83 Å². The number of aryl methyl sites for hydroxylation is 2. The van der Waals surface area contributed by atoms with Crippen molar-refractivity contribution in [3.05, 3.63) is 82.9 Å². The summed E-state index contributed by atoms with van der Waals surface area (Å²) in [5.41, 5.74) is 1.80. The third kappa shape index (κ3) is 3.07. The van der Waals surface area contributed by atoms with Gasteiger partial charge in [-0.05, 0) is 55.3 Å². The van der Waals surface area contributed by atoms with Crippen molar-refractivity contribution in [2.45, 2.75) is 26.3 Å². The van der Waals surface area contributed by atoms with E-state index in [1.807, 2.05) is 18.2 Å². The van der Waals surface area contributed by atoms with Gasteiger partial charge in [0.05, 0.1) is 22.1 Å². The maximum absolute atomic E-state index is 13.2. The summed E-state index contributed by atoms with van der Waals surface area (Å²) in [7, 11) is 0. The van der Waals surface area contributed by atoms with E-state index >= 15 is 0 Å². The summed E-state index contributed by atoms with van der Waals surface area (Å²) >= 11 is 1.32. The number of carbonyl (C=O) groups excluding carboxylic acids is 2. The number of benzene rings is 1. The number of anilines is 1.